The molecule has 0 bridgehead atoms. The number of carbonyl (C=O) groups is 1. The first-order chi connectivity index (χ1) is 8.81. The van der Waals surface area contributed by atoms with Gasteiger partial charge in [0.2, 0.25) is 5.69 Å². The molecule has 0 radical (unpaired) electrons. The molecule has 6 nitrogen and oxygen atoms in total. The van der Waals surface area contributed by atoms with Crippen molar-refractivity contribution in [2.24, 2.45) is 0 Å². The van der Waals surface area contributed by atoms with Crippen molar-refractivity contribution in [1.29, 1.82) is 0 Å². The van der Waals surface area contributed by atoms with E-state index in [-0.39, 0.29) is 11.7 Å². The molecule has 94 valence electrons. The van der Waals surface area contributed by atoms with Crippen LogP contribution in [0.25, 0.3) is 0 Å². The number of carbonyl (C=O) groups excluding carboxylic acids is 1. The van der Waals surface area contributed by atoms with Crippen molar-refractivity contribution in [2.45, 2.75) is 12.5 Å². The van der Waals surface area contributed by atoms with Crippen LogP contribution < -0.4 is 5.32 Å². The maximum absolute atomic E-state index is 11.6. The second-order valence-electron chi connectivity index (χ2n) is 3.97. The molecule has 0 saturated heterocycles. The lowest BCUT2D eigenvalue weighted by Crippen LogP contribution is -2.24. The molecule has 3 heterocycles. The second-order valence-corrected chi connectivity index (χ2v) is 4.95. The highest BCUT2D eigenvalue weighted by molar-refractivity contribution is 7.10. The normalized spacial score (nSPS) is 17.9. The molecular formula is C11H12N4O2S. The van der Waals surface area contributed by atoms with E-state index in [0.29, 0.717) is 5.82 Å². The number of fused-ring (bicyclic) bond motifs is 1. The summed E-state index contributed by atoms with van der Waals surface area (Å²) in [4.78, 5) is 12.8. The Labute approximate surface area is 108 Å². The van der Waals surface area contributed by atoms with Gasteiger partial charge in [-0.25, -0.2) is 9.48 Å². The largest absolute Gasteiger partial charge is 0.464 e. The maximum atomic E-state index is 11.6. The molecule has 0 saturated carbocycles. The van der Waals surface area contributed by atoms with E-state index in [1.165, 1.54) is 12.0 Å². The molecular weight excluding hydrogens is 252 g/mol. The van der Waals surface area contributed by atoms with E-state index < -0.39 is 5.97 Å². The third-order valence-electron chi connectivity index (χ3n) is 2.95. The van der Waals surface area contributed by atoms with E-state index in [4.69, 9.17) is 4.74 Å². The molecule has 3 rings (SSSR count). The number of esters is 1. The molecule has 1 N–H and O–H groups in total. The average Bonchev–Trinajstić information content (AvgIpc) is 3.06. The van der Waals surface area contributed by atoms with Crippen LogP contribution in [0.4, 0.5) is 5.82 Å². The van der Waals surface area contributed by atoms with Crippen molar-refractivity contribution in [2.75, 3.05) is 19.0 Å². The summed E-state index contributed by atoms with van der Waals surface area (Å²) in [5, 5.41) is 13.2. The number of ether oxygens (including phenoxy) is 1. The first-order valence-corrected chi connectivity index (χ1v) is 6.50. The molecule has 18 heavy (non-hydrogen) atoms. The summed E-state index contributed by atoms with van der Waals surface area (Å²) in [5.74, 6) is 0.182. The first kappa shape index (κ1) is 11.2. The van der Waals surface area contributed by atoms with Gasteiger partial charge >= 0.3 is 5.97 Å². The Hall–Kier alpha value is -1.89. The summed E-state index contributed by atoms with van der Waals surface area (Å²) in [7, 11) is 1.34. The second kappa shape index (κ2) is 4.41. The minimum atomic E-state index is -0.462. The van der Waals surface area contributed by atoms with Crippen molar-refractivity contribution in [3.63, 3.8) is 0 Å². The Morgan fingerprint density at radius 3 is 3.28 bits per heavy atom. The molecule has 2 aromatic rings. The fourth-order valence-electron chi connectivity index (χ4n) is 2.10. The number of aromatic nitrogens is 3. The van der Waals surface area contributed by atoms with Gasteiger partial charge in [0.15, 0.2) is 5.82 Å². The van der Waals surface area contributed by atoms with Crippen molar-refractivity contribution in [3.8, 4) is 0 Å². The van der Waals surface area contributed by atoms with Crippen molar-refractivity contribution >= 4 is 23.1 Å². The summed E-state index contributed by atoms with van der Waals surface area (Å²) in [6.45, 7) is 0.792. The van der Waals surface area contributed by atoms with Gasteiger partial charge in [-0.15, -0.1) is 16.4 Å². The number of rotatable bonds is 2. The maximum Gasteiger partial charge on any atom is 0.362 e. The molecule has 1 atom stereocenters. The lowest BCUT2D eigenvalue weighted by molar-refractivity contribution is 0.0595. The van der Waals surface area contributed by atoms with Crippen LogP contribution in [0.5, 0.6) is 0 Å². The average molecular weight is 264 g/mol. The highest BCUT2D eigenvalue weighted by Gasteiger charge is 2.29. The Kier molecular flexibility index (Phi) is 2.75. The third-order valence-corrected chi connectivity index (χ3v) is 3.92. The van der Waals surface area contributed by atoms with Gasteiger partial charge in [0.1, 0.15) is 0 Å². The van der Waals surface area contributed by atoms with Gasteiger partial charge in [0.25, 0.3) is 0 Å². The van der Waals surface area contributed by atoms with E-state index in [2.05, 4.69) is 21.7 Å². The van der Waals surface area contributed by atoms with Gasteiger partial charge < -0.3 is 10.1 Å². The van der Waals surface area contributed by atoms with Gasteiger partial charge in [0, 0.05) is 11.4 Å². The Balaban J connectivity index is 2.02. The number of hydrogen-bond acceptors (Lipinski definition) is 6. The highest BCUT2D eigenvalue weighted by atomic mass is 32.1. The van der Waals surface area contributed by atoms with Gasteiger partial charge in [-0.05, 0) is 17.9 Å². The number of hydrogen-bond donors (Lipinski definition) is 1. The van der Waals surface area contributed by atoms with E-state index in [9.17, 15) is 4.79 Å². The van der Waals surface area contributed by atoms with Crippen LogP contribution in [0.3, 0.4) is 0 Å². The van der Waals surface area contributed by atoms with Gasteiger partial charge in [-0.2, -0.15) is 0 Å². The van der Waals surface area contributed by atoms with Crippen LogP contribution in [0, 0.1) is 0 Å². The zero-order chi connectivity index (χ0) is 12.5. The summed E-state index contributed by atoms with van der Waals surface area (Å²) < 4.78 is 6.46. The first-order valence-electron chi connectivity index (χ1n) is 5.62. The van der Waals surface area contributed by atoms with Crippen LogP contribution in [0.1, 0.15) is 27.8 Å². The minimum absolute atomic E-state index is 0.146. The smallest absolute Gasteiger partial charge is 0.362 e. The molecule has 2 aromatic heterocycles. The topological polar surface area (TPSA) is 69.0 Å². The predicted octanol–water partition coefficient (Wildman–Crippen LogP) is 1.53. The molecule has 7 heteroatoms. The molecule has 1 aliphatic rings. The van der Waals surface area contributed by atoms with E-state index in [1.54, 1.807) is 16.0 Å². The summed E-state index contributed by atoms with van der Waals surface area (Å²) in [6, 6.07) is 4.23. The Morgan fingerprint density at radius 1 is 1.67 bits per heavy atom. The van der Waals surface area contributed by atoms with Crippen LogP contribution in [0.2, 0.25) is 0 Å². The summed E-state index contributed by atoms with van der Waals surface area (Å²) in [5.41, 5.74) is 0.249. The molecule has 0 amide bonds. The monoisotopic (exact) mass is 264 g/mol. The van der Waals surface area contributed by atoms with Crippen molar-refractivity contribution < 1.29 is 9.53 Å². The lowest BCUT2D eigenvalue weighted by Gasteiger charge is -2.24. The van der Waals surface area contributed by atoms with E-state index >= 15 is 0 Å². The third kappa shape index (κ3) is 1.67. The fourth-order valence-corrected chi connectivity index (χ4v) is 2.95. The zero-order valence-corrected chi connectivity index (χ0v) is 10.6. The van der Waals surface area contributed by atoms with E-state index in [0.717, 1.165) is 13.0 Å². The number of nitrogens with one attached hydrogen (secondary N) is 1. The SMILES string of the molecule is COC(=O)c1nnn2c1NCCC2c1cccs1. The predicted molar refractivity (Wildman–Crippen MR) is 66.9 cm³/mol. The molecule has 0 aromatic carbocycles. The molecule has 0 spiro atoms. The zero-order valence-electron chi connectivity index (χ0n) is 9.79. The van der Waals surface area contributed by atoms with Crippen LogP contribution in [-0.2, 0) is 4.74 Å². The number of anilines is 1. The Morgan fingerprint density at radius 2 is 2.56 bits per heavy atom. The van der Waals surface area contributed by atoms with Crippen molar-refractivity contribution in [1.82, 2.24) is 15.0 Å². The fraction of sp³-hybridized carbons (Fsp3) is 0.364. The van der Waals surface area contributed by atoms with Crippen LogP contribution in [-0.4, -0.2) is 34.6 Å². The van der Waals surface area contributed by atoms with E-state index in [1.807, 2.05) is 11.4 Å². The number of methoxy groups -OCH3 is 1. The summed E-state index contributed by atoms with van der Waals surface area (Å²) in [6.07, 6.45) is 0.928. The molecule has 0 aliphatic carbocycles. The van der Waals surface area contributed by atoms with Crippen molar-refractivity contribution in [3.05, 3.63) is 28.1 Å². The molecule has 1 unspecified atom stereocenters. The van der Waals surface area contributed by atoms with Gasteiger partial charge in [0.05, 0.1) is 13.2 Å². The highest BCUT2D eigenvalue weighted by Crippen LogP contribution is 2.32. The quantitative estimate of drug-likeness (QED) is 0.833. The lowest BCUT2D eigenvalue weighted by atomic mass is 10.1. The minimum Gasteiger partial charge on any atom is -0.464 e. The molecule has 1 aliphatic heterocycles. The molecule has 0 fully saturated rings. The van der Waals surface area contributed by atoms with Gasteiger partial charge in [-0.3, -0.25) is 0 Å². The standard InChI is InChI=1S/C11H12N4O2S/c1-17-11(16)9-10-12-5-4-7(15(10)14-13-9)8-3-2-6-18-8/h2-3,6-7,12H,4-5H2,1H3. The van der Waals surface area contributed by atoms with Crippen LogP contribution in [0.15, 0.2) is 17.5 Å². The number of thiophene rings is 1. The Bertz CT molecular complexity index is 564. The van der Waals surface area contributed by atoms with Crippen LogP contribution >= 0.6 is 11.3 Å². The van der Waals surface area contributed by atoms with Gasteiger partial charge in [-0.1, -0.05) is 11.3 Å². The summed E-state index contributed by atoms with van der Waals surface area (Å²) >= 11 is 1.68. The number of nitrogens with zero attached hydrogens (tertiary/aromatic N) is 3.